The van der Waals surface area contributed by atoms with Gasteiger partial charge >= 0.3 is 0 Å². The Kier molecular flexibility index (Phi) is 6.26. The van der Waals surface area contributed by atoms with E-state index in [0.29, 0.717) is 36.4 Å². The van der Waals surface area contributed by atoms with E-state index in [2.05, 4.69) is 36.3 Å². The Bertz CT molecular complexity index is 1180. The maximum Gasteiger partial charge on any atom is 0.248 e. The summed E-state index contributed by atoms with van der Waals surface area (Å²) < 4.78 is 5.98. The van der Waals surface area contributed by atoms with E-state index < -0.39 is 6.10 Å². The van der Waals surface area contributed by atoms with E-state index >= 15 is 0 Å². The molecule has 0 aliphatic heterocycles. The molecule has 33 heavy (non-hydrogen) atoms. The molecule has 1 fully saturated rings. The Hall–Kier alpha value is -2.63. The fourth-order valence-corrected chi connectivity index (χ4v) is 5.12. The summed E-state index contributed by atoms with van der Waals surface area (Å²) in [6.07, 6.45) is 5.90. The molecular formula is C28H34N2O3. The number of H-pyrrole nitrogens is 1. The molecule has 0 radical (unpaired) electrons. The van der Waals surface area contributed by atoms with Crippen molar-refractivity contribution in [3.05, 3.63) is 74.6 Å². The van der Waals surface area contributed by atoms with Gasteiger partial charge in [0.05, 0.1) is 18.2 Å². The van der Waals surface area contributed by atoms with Crippen LogP contribution in [0, 0.1) is 5.92 Å². The lowest BCUT2D eigenvalue weighted by atomic mass is 9.97. The molecule has 0 bridgehead atoms. The smallest absolute Gasteiger partial charge is 0.248 e. The average Bonchev–Trinajstić information content (AvgIpc) is 3.57. The summed E-state index contributed by atoms with van der Waals surface area (Å²) in [5.74, 6) is 1.31. The zero-order chi connectivity index (χ0) is 22.9. The van der Waals surface area contributed by atoms with Crippen LogP contribution in [0.5, 0.6) is 5.75 Å². The number of benzene rings is 2. The van der Waals surface area contributed by atoms with Crippen molar-refractivity contribution < 1.29 is 9.84 Å². The molecule has 2 aliphatic carbocycles. The molecule has 0 spiro atoms. The van der Waals surface area contributed by atoms with Crippen molar-refractivity contribution in [2.75, 3.05) is 13.2 Å². The molecule has 1 atom stereocenters. The van der Waals surface area contributed by atoms with Gasteiger partial charge in [-0.3, -0.25) is 4.79 Å². The summed E-state index contributed by atoms with van der Waals surface area (Å²) in [4.78, 5) is 14.9. The highest BCUT2D eigenvalue weighted by Gasteiger charge is 2.25. The van der Waals surface area contributed by atoms with Crippen LogP contribution in [0.1, 0.15) is 60.6 Å². The van der Waals surface area contributed by atoms with Gasteiger partial charge < -0.3 is 20.1 Å². The molecule has 3 aromatic rings. The largest absolute Gasteiger partial charge is 0.491 e. The molecule has 5 rings (SSSR count). The van der Waals surface area contributed by atoms with Gasteiger partial charge in [0.2, 0.25) is 5.56 Å². The predicted molar refractivity (Wildman–Crippen MR) is 132 cm³/mol. The first kappa shape index (κ1) is 22.2. The Morgan fingerprint density at radius 2 is 1.76 bits per heavy atom. The van der Waals surface area contributed by atoms with E-state index in [1.807, 2.05) is 12.1 Å². The second-order valence-corrected chi connectivity index (χ2v) is 9.64. The summed E-state index contributed by atoms with van der Waals surface area (Å²) in [6, 6.07) is 12.2. The van der Waals surface area contributed by atoms with E-state index in [-0.39, 0.29) is 5.56 Å². The molecular weight excluding hydrogens is 412 g/mol. The third-order valence-electron chi connectivity index (χ3n) is 7.24. The molecule has 2 aromatic carbocycles. The summed E-state index contributed by atoms with van der Waals surface area (Å²) in [6.45, 7) is 5.59. The number of aryl methyl sites for hydroxylation is 2. The van der Waals surface area contributed by atoms with Crippen LogP contribution in [0.25, 0.3) is 10.9 Å². The summed E-state index contributed by atoms with van der Waals surface area (Å²) >= 11 is 0. The maximum absolute atomic E-state index is 12.0. The molecule has 2 aliphatic rings. The fourth-order valence-electron chi connectivity index (χ4n) is 5.12. The Labute approximate surface area is 195 Å². The molecule has 0 unspecified atom stereocenters. The van der Waals surface area contributed by atoms with Crippen LogP contribution in [0.15, 0.2) is 41.2 Å². The van der Waals surface area contributed by atoms with Crippen LogP contribution >= 0.6 is 0 Å². The molecule has 174 valence electrons. The standard InChI is InChI=1S/C28H34N2O3/c1-3-18-11-20-13-22(14-21(20)12-19(18)4-2)29-15-25(31)23-7-9-26(33-16-17-5-6-17)28-24(23)8-10-27(32)30-28/h7-12,17,22,25,29,31H,3-6,13-16H2,1-2H3,(H,30,32)/t25-/m1/s1. The Balaban J connectivity index is 1.30. The minimum Gasteiger partial charge on any atom is -0.491 e. The normalized spacial score (nSPS) is 16.8. The van der Waals surface area contributed by atoms with Gasteiger partial charge in [-0.2, -0.15) is 0 Å². The number of hydrogen-bond donors (Lipinski definition) is 3. The quantitative estimate of drug-likeness (QED) is 0.460. The van der Waals surface area contributed by atoms with Crippen molar-refractivity contribution in [1.82, 2.24) is 10.3 Å². The van der Waals surface area contributed by atoms with E-state index in [0.717, 1.165) is 36.6 Å². The molecule has 0 amide bonds. The highest BCUT2D eigenvalue weighted by molar-refractivity contribution is 5.87. The second-order valence-electron chi connectivity index (χ2n) is 9.64. The number of rotatable bonds is 9. The first-order chi connectivity index (χ1) is 16.1. The number of fused-ring (bicyclic) bond motifs is 2. The minimum atomic E-state index is -0.669. The van der Waals surface area contributed by atoms with Crippen molar-refractivity contribution in [3.8, 4) is 5.75 Å². The molecule has 5 nitrogen and oxygen atoms in total. The van der Waals surface area contributed by atoms with Gasteiger partial charge in [-0.05, 0) is 84.4 Å². The van der Waals surface area contributed by atoms with Gasteiger partial charge in [0.1, 0.15) is 5.75 Å². The maximum atomic E-state index is 12.0. The zero-order valence-corrected chi connectivity index (χ0v) is 19.6. The first-order valence-corrected chi connectivity index (χ1v) is 12.4. The SMILES string of the molecule is CCc1cc2c(cc1CC)CC(NC[C@@H](O)c1ccc(OCC3CC3)c3[nH]c(=O)ccc13)C2. The number of hydrogen-bond acceptors (Lipinski definition) is 4. The third-order valence-corrected chi connectivity index (χ3v) is 7.24. The van der Waals surface area contributed by atoms with Crippen molar-refractivity contribution in [1.29, 1.82) is 0 Å². The van der Waals surface area contributed by atoms with Gasteiger partial charge in [0.15, 0.2) is 0 Å². The Morgan fingerprint density at radius 1 is 1.06 bits per heavy atom. The molecule has 1 saturated carbocycles. The lowest BCUT2D eigenvalue weighted by Gasteiger charge is -2.19. The van der Waals surface area contributed by atoms with E-state index in [9.17, 15) is 9.90 Å². The lowest BCUT2D eigenvalue weighted by molar-refractivity contribution is 0.171. The van der Waals surface area contributed by atoms with Crippen molar-refractivity contribution in [2.24, 2.45) is 5.92 Å². The minimum absolute atomic E-state index is 0.162. The molecule has 1 heterocycles. The zero-order valence-electron chi connectivity index (χ0n) is 19.6. The van der Waals surface area contributed by atoms with E-state index in [1.54, 1.807) is 6.07 Å². The number of nitrogens with one attached hydrogen (secondary N) is 2. The summed E-state index contributed by atoms with van der Waals surface area (Å²) in [7, 11) is 0. The molecule has 3 N–H and O–H groups in total. The van der Waals surface area contributed by atoms with E-state index in [4.69, 9.17) is 4.74 Å². The monoisotopic (exact) mass is 446 g/mol. The number of aromatic amines is 1. The molecule has 1 aromatic heterocycles. The van der Waals surface area contributed by atoms with Crippen LogP contribution < -0.4 is 15.6 Å². The second kappa shape index (κ2) is 9.32. The van der Waals surface area contributed by atoms with Gasteiger partial charge in [0, 0.05) is 24.0 Å². The van der Waals surface area contributed by atoms with E-state index in [1.165, 1.54) is 41.2 Å². The lowest BCUT2D eigenvalue weighted by Crippen LogP contribution is -2.33. The van der Waals surface area contributed by atoms with Gasteiger partial charge in [-0.25, -0.2) is 0 Å². The van der Waals surface area contributed by atoms with Crippen LogP contribution in [-0.2, 0) is 25.7 Å². The van der Waals surface area contributed by atoms with Gasteiger partial charge in [-0.15, -0.1) is 0 Å². The highest BCUT2D eigenvalue weighted by atomic mass is 16.5. The first-order valence-electron chi connectivity index (χ1n) is 12.4. The topological polar surface area (TPSA) is 74.3 Å². The number of aliphatic hydroxyl groups is 1. The number of aromatic nitrogens is 1. The predicted octanol–water partition coefficient (Wildman–Crippen LogP) is 4.23. The number of pyridine rings is 1. The highest BCUT2D eigenvalue weighted by Crippen LogP contribution is 2.33. The van der Waals surface area contributed by atoms with Crippen molar-refractivity contribution in [2.45, 2.75) is 64.5 Å². The van der Waals surface area contributed by atoms with Gasteiger partial charge in [-0.1, -0.05) is 32.0 Å². The summed E-state index contributed by atoms with van der Waals surface area (Å²) in [5, 5.41) is 15.5. The third kappa shape index (κ3) is 4.71. The average molecular weight is 447 g/mol. The van der Waals surface area contributed by atoms with Crippen LogP contribution in [0.4, 0.5) is 0 Å². The number of ether oxygens (including phenoxy) is 1. The summed E-state index contributed by atoms with van der Waals surface area (Å²) in [5.41, 5.74) is 7.12. The molecule has 0 saturated heterocycles. The fraction of sp³-hybridized carbons (Fsp3) is 0.464. The van der Waals surface area contributed by atoms with Crippen LogP contribution in [0.2, 0.25) is 0 Å². The van der Waals surface area contributed by atoms with Gasteiger partial charge in [0.25, 0.3) is 0 Å². The van der Waals surface area contributed by atoms with Crippen LogP contribution in [-0.4, -0.2) is 29.3 Å². The van der Waals surface area contributed by atoms with Crippen molar-refractivity contribution in [3.63, 3.8) is 0 Å². The Morgan fingerprint density at radius 3 is 2.39 bits per heavy atom. The van der Waals surface area contributed by atoms with Crippen molar-refractivity contribution >= 4 is 10.9 Å². The number of aliphatic hydroxyl groups excluding tert-OH is 1. The molecule has 5 heteroatoms. The van der Waals surface area contributed by atoms with Crippen LogP contribution in [0.3, 0.4) is 0 Å².